The van der Waals surface area contributed by atoms with Crippen molar-refractivity contribution < 1.29 is 15.0 Å². The average molecular weight is 464 g/mol. The van der Waals surface area contributed by atoms with Crippen molar-refractivity contribution in [2.24, 2.45) is 0 Å². The van der Waals surface area contributed by atoms with E-state index in [1.165, 1.54) is 12.1 Å². The second kappa shape index (κ2) is 9.72. The summed E-state index contributed by atoms with van der Waals surface area (Å²) in [5.41, 5.74) is 3.75. The van der Waals surface area contributed by atoms with E-state index in [2.05, 4.69) is 25.6 Å². The van der Waals surface area contributed by atoms with Crippen LogP contribution < -0.4 is 10.6 Å². The highest BCUT2D eigenvalue weighted by Gasteiger charge is 2.18. The first-order valence-electron chi connectivity index (χ1n) is 10.2. The van der Waals surface area contributed by atoms with E-state index in [4.69, 9.17) is 11.6 Å². The Morgan fingerprint density at radius 3 is 2.73 bits per heavy atom. The summed E-state index contributed by atoms with van der Waals surface area (Å²) >= 11 is 6.17. The molecule has 0 spiro atoms. The van der Waals surface area contributed by atoms with Gasteiger partial charge in [0.2, 0.25) is 5.95 Å². The van der Waals surface area contributed by atoms with E-state index in [0.29, 0.717) is 33.6 Å². The second-order valence-corrected chi connectivity index (χ2v) is 7.84. The maximum absolute atomic E-state index is 12.8. The molecule has 1 atom stereocenters. The van der Waals surface area contributed by atoms with Gasteiger partial charge in [0.1, 0.15) is 11.4 Å². The highest BCUT2D eigenvalue weighted by atomic mass is 35.5. The number of benzene rings is 2. The minimum atomic E-state index is -0.519. The second-order valence-electron chi connectivity index (χ2n) is 7.44. The van der Waals surface area contributed by atoms with Crippen LogP contribution >= 0.6 is 11.6 Å². The molecule has 168 valence electrons. The molecule has 1 unspecified atom stereocenters. The number of aromatic hydroxyl groups is 1. The zero-order chi connectivity index (χ0) is 23.4. The molecule has 0 aliphatic rings. The largest absolute Gasteiger partial charge is 0.508 e. The van der Waals surface area contributed by atoms with Gasteiger partial charge in [0, 0.05) is 24.0 Å². The Hall–Kier alpha value is -3.88. The van der Waals surface area contributed by atoms with Crippen LogP contribution in [0, 0.1) is 6.92 Å². The molecule has 0 saturated heterocycles. The number of aliphatic hydroxyl groups excluding tert-OH is 1. The third kappa shape index (κ3) is 5.14. The normalized spacial score (nSPS) is 11.7. The molecule has 1 amide bonds. The van der Waals surface area contributed by atoms with E-state index in [1.807, 2.05) is 37.3 Å². The highest BCUT2D eigenvalue weighted by Crippen LogP contribution is 2.29. The first-order chi connectivity index (χ1) is 15.9. The molecule has 5 N–H and O–H groups in total. The number of hydrogen-bond donors (Lipinski definition) is 5. The summed E-state index contributed by atoms with van der Waals surface area (Å²) in [6.07, 6.45) is 3.34. The van der Waals surface area contributed by atoms with Crippen LogP contribution in [-0.2, 0) is 0 Å². The molecule has 0 aliphatic heterocycles. The van der Waals surface area contributed by atoms with Crippen LogP contribution in [0.3, 0.4) is 0 Å². The number of aromatic amines is 1. The lowest BCUT2D eigenvalue weighted by atomic mass is 10.1. The Balaban J connectivity index is 1.54. The molecule has 4 aromatic rings. The van der Waals surface area contributed by atoms with E-state index >= 15 is 0 Å². The van der Waals surface area contributed by atoms with Gasteiger partial charge < -0.3 is 25.8 Å². The minimum Gasteiger partial charge on any atom is -0.508 e. The molecular weight excluding hydrogens is 442 g/mol. The van der Waals surface area contributed by atoms with Crippen molar-refractivity contribution in [1.29, 1.82) is 0 Å². The third-order valence-electron chi connectivity index (χ3n) is 5.06. The first kappa shape index (κ1) is 22.3. The van der Waals surface area contributed by atoms with Gasteiger partial charge in [0.15, 0.2) is 0 Å². The number of rotatable bonds is 7. The van der Waals surface area contributed by atoms with E-state index in [0.717, 1.165) is 11.1 Å². The molecule has 8 nitrogen and oxygen atoms in total. The van der Waals surface area contributed by atoms with E-state index in [-0.39, 0.29) is 18.3 Å². The van der Waals surface area contributed by atoms with Crippen molar-refractivity contribution in [2.75, 3.05) is 11.9 Å². The zero-order valence-electron chi connectivity index (χ0n) is 17.7. The SMILES string of the molecule is Cc1cnc(Nc2cc(O)ccc2Cl)nc1-c1c[nH]c(C(=O)NC(CO)c2ccccc2)c1. The van der Waals surface area contributed by atoms with Gasteiger partial charge in [0.25, 0.3) is 5.91 Å². The standard InChI is InChI=1S/C24H22ClN5O3/c1-14-11-27-24(29-19-10-17(32)7-8-18(19)25)30-22(14)16-9-20(26-12-16)23(33)28-21(13-31)15-5-3-2-4-6-15/h2-12,21,26,31-32H,13H2,1H3,(H,28,33)(H,27,29,30). The topological polar surface area (TPSA) is 123 Å². The quantitative estimate of drug-likeness (QED) is 0.278. The highest BCUT2D eigenvalue weighted by molar-refractivity contribution is 6.33. The summed E-state index contributed by atoms with van der Waals surface area (Å²) in [7, 11) is 0. The van der Waals surface area contributed by atoms with Crippen molar-refractivity contribution in [2.45, 2.75) is 13.0 Å². The van der Waals surface area contributed by atoms with Crippen molar-refractivity contribution in [3.63, 3.8) is 0 Å². The molecule has 0 fully saturated rings. The number of aromatic nitrogens is 3. The lowest BCUT2D eigenvalue weighted by molar-refractivity contribution is 0.0911. The summed E-state index contributed by atoms with van der Waals surface area (Å²) in [6.45, 7) is 1.64. The van der Waals surface area contributed by atoms with E-state index in [1.54, 1.807) is 24.5 Å². The number of H-pyrrole nitrogens is 1. The predicted molar refractivity (Wildman–Crippen MR) is 127 cm³/mol. The Morgan fingerprint density at radius 1 is 1.18 bits per heavy atom. The lowest BCUT2D eigenvalue weighted by Crippen LogP contribution is -2.30. The van der Waals surface area contributed by atoms with Gasteiger partial charge in [-0.25, -0.2) is 9.97 Å². The number of phenolic OH excluding ortho intramolecular Hbond substituents is 1. The first-order valence-corrected chi connectivity index (χ1v) is 10.6. The number of amides is 1. The maximum Gasteiger partial charge on any atom is 0.268 e. The van der Waals surface area contributed by atoms with Gasteiger partial charge in [-0.1, -0.05) is 41.9 Å². The average Bonchev–Trinajstić information content (AvgIpc) is 3.32. The van der Waals surface area contributed by atoms with Crippen LogP contribution in [0.2, 0.25) is 5.02 Å². The molecule has 33 heavy (non-hydrogen) atoms. The molecule has 2 aromatic heterocycles. The summed E-state index contributed by atoms with van der Waals surface area (Å²) in [4.78, 5) is 24.6. The van der Waals surface area contributed by atoms with Crippen molar-refractivity contribution in [3.05, 3.63) is 88.8 Å². The van der Waals surface area contributed by atoms with Crippen LogP contribution in [-0.4, -0.2) is 37.7 Å². The number of hydrogen-bond acceptors (Lipinski definition) is 6. The van der Waals surface area contributed by atoms with Crippen LogP contribution in [0.15, 0.2) is 67.0 Å². The molecule has 2 heterocycles. The van der Waals surface area contributed by atoms with Gasteiger partial charge in [-0.2, -0.15) is 0 Å². The Morgan fingerprint density at radius 2 is 1.97 bits per heavy atom. The summed E-state index contributed by atoms with van der Waals surface area (Å²) in [6, 6.07) is 15.0. The number of anilines is 2. The van der Waals surface area contributed by atoms with Gasteiger partial charge in [-0.3, -0.25) is 4.79 Å². The third-order valence-corrected chi connectivity index (χ3v) is 5.39. The van der Waals surface area contributed by atoms with Crippen LogP contribution in [0.5, 0.6) is 5.75 Å². The number of nitrogens with zero attached hydrogens (tertiary/aromatic N) is 2. The number of aryl methyl sites for hydroxylation is 1. The summed E-state index contributed by atoms with van der Waals surface area (Å²) in [5, 5.41) is 25.7. The van der Waals surface area contributed by atoms with Gasteiger partial charge in [0.05, 0.1) is 29.1 Å². The Kier molecular flexibility index (Phi) is 6.58. The van der Waals surface area contributed by atoms with E-state index in [9.17, 15) is 15.0 Å². The Labute approximate surface area is 195 Å². The van der Waals surface area contributed by atoms with Crippen LogP contribution in [0.4, 0.5) is 11.6 Å². The number of aliphatic hydroxyl groups is 1. The zero-order valence-corrected chi connectivity index (χ0v) is 18.5. The fraction of sp³-hybridized carbons (Fsp3) is 0.125. The molecule has 0 saturated carbocycles. The maximum atomic E-state index is 12.8. The molecular formula is C24H22ClN5O3. The smallest absolute Gasteiger partial charge is 0.268 e. The van der Waals surface area contributed by atoms with Gasteiger partial charge >= 0.3 is 0 Å². The molecule has 0 radical (unpaired) electrons. The van der Waals surface area contributed by atoms with Gasteiger partial charge in [-0.15, -0.1) is 0 Å². The molecule has 4 rings (SSSR count). The van der Waals surface area contributed by atoms with Crippen LogP contribution in [0.1, 0.15) is 27.7 Å². The number of carbonyl (C=O) groups excluding carboxylic acids is 1. The van der Waals surface area contributed by atoms with E-state index < -0.39 is 6.04 Å². The van der Waals surface area contributed by atoms with Crippen LogP contribution in [0.25, 0.3) is 11.3 Å². The number of nitrogens with one attached hydrogen (secondary N) is 3. The number of halogens is 1. The fourth-order valence-corrected chi connectivity index (χ4v) is 3.51. The van der Waals surface area contributed by atoms with Crippen molar-refractivity contribution in [3.8, 4) is 17.0 Å². The van der Waals surface area contributed by atoms with Crippen molar-refractivity contribution in [1.82, 2.24) is 20.3 Å². The number of carbonyl (C=O) groups is 1. The molecule has 2 aromatic carbocycles. The van der Waals surface area contributed by atoms with Crippen molar-refractivity contribution >= 4 is 29.1 Å². The Bertz CT molecular complexity index is 1280. The predicted octanol–water partition coefficient (Wildman–Crippen LogP) is 4.35. The molecule has 0 aliphatic carbocycles. The lowest BCUT2D eigenvalue weighted by Gasteiger charge is -2.16. The summed E-state index contributed by atoms with van der Waals surface area (Å²) in [5.74, 6) is 0.00712. The molecule has 9 heteroatoms. The molecule has 0 bridgehead atoms. The minimum absolute atomic E-state index is 0.0622. The van der Waals surface area contributed by atoms with Gasteiger partial charge in [-0.05, 0) is 36.2 Å². The fourth-order valence-electron chi connectivity index (χ4n) is 3.34. The summed E-state index contributed by atoms with van der Waals surface area (Å²) < 4.78 is 0. The number of phenols is 1. The monoisotopic (exact) mass is 463 g/mol.